The lowest BCUT2D eigenvalue weighted by Crippen LogP contribution is -2.46. The van der Waals surface area contributed by atoms with E-state index in [0.717, 1.165) is 38.8 Å². The SMILES string of the molecule is CN1CC(NCCCCCC(=O)O)CCC1=O. The number of hydrogen-bond acceptors (Lipinski definition) is 3. The summed E-state index contributed by atoms with van der Waals surface area (Å²) in [6.45, 7) is 1.69. The van der Waals surface area contributed by atoms with Crippen LogP contribution in [-0.2, 0) is 9.59 Å². The second-order valence-electron chi connectivity index (χ2n) is 4.67. The van der Waals surface area contributed by atoms with Crippen LogP contribution in [0.25, 0.3) is 0 Å². The van der Waals surface area contributed by atoms with Crippen LogP contribution in [0.15, 0.2) is 0 Å². The number of carbonyl (C=O) groups excluding carboxylic acids is 1. The van der Waals surface area contributed by atoms with Crippen LogP contribution in [0.2, 0.25) is 0 Å². The summed E-state index contributed by atoms with van der Waals surface area (Å²) < 4.78 is 0. The predicted octanol–water partition coefficient (Wildman–Crippen LogP) is 0.842. The Hall–Kier alpha value is -1.10. The van der Waals surface area contributed by atoms with E-state index in [-0.39, 0.29) is 12.3 Å². The highest BCUT2D eigenvalue weighted by Crippen LogP contribution is 2.09. The van der Waals surface area contributed by atoms with Crippen molar-refractivity contribution in [3.63, 3.8) is 0 Å². The number of piperidine rings is 1. The third-order valence-corrected chi connectivity index (χ3v) is 3.13. The summed E-state index contributed by atoms with van der Waals surface area (Å²) in [5, 5.41) is 11.9. The monoisotopic (exact) mass is 242 g/mol. The Kier molecular flexibility index (Phi) is 5.97. The van der Waals surface area contributed by atoms with Gasteiger partial charge in [0.25, 0.3) is 0 Å². The smallest absolute Gasteiger partial charge is 0.303 e. The molecule has 0 saturated carbocycles. The van der Waals surface area contributed by atoms with Crippen molar-refractivity contribution >= 4 is 11.9 Å². The zero-order chi connectivity index (χ0) is 12.7. The average molecular weight is 242 g/mol. The molecule has 5 heteroatoms. The molecular weight excluding hydrogens is 220 g/mol. The minimum absolute atomic E-state index is 0.226. The van der Waals surface area contributed by atoms with Gasteiger partial charge in [0.05, 0.1) is 0 Å². The summed E-state index contributed by atoms with van der Waals surface area (Å²) in [5.74, 6) is -0.491. The molecule has 17 heavy (non-hydrogen) atoms. The van der Waals surface area contributed by atoms with Gasteiger partial charge >= 0.3 is 5.97 Å². The van der Waals surface area contributed by atoms with Crippen LogP contribution in [0.4, 0.5) is 0 Å². The Morgan fingerprint density at radius 1 is 1.47 bits per heavy atom. The molecule has 98 valence electrons. The van der Waals surface area contributed by atoms with Gasteiger partial charge in [-0.2, -0.15) is 0 Å². The number of likely N-dealkylation sites (N-methyl/N-ethyl adjacent to an activating group) is 1. The van der Waals surface area contributed by atoms with Crippen molar-refractivity contribution in [2.75, 3.05) is 20.1 Å². The van der Waals surface area contributed by atoms with E-state index in [1.165, 1.54) is 0 Å². The molecule has 0 aromatic carbocycles. The Morgan fingerprint density at radius 2 is 2.24 bits per heavy atom. The predicted molar refractivity (Wildman–Crippen MR) is 64.8 cm³/mol. The number of aliphatic carboxylic acids is 1. The molecular formula is C12H22N2O3. The van der Waals surface area contributed by atoms with Gasteiger partial charge in [-0.15, -0.1) is 0 Å². The zero-order valence-electron chi connectivity index (χ0n) is 10.4. The van der Waals surface area contributed by atoms with Crippen molar-refractivity contribution in [2.45, 2.75) is 44.6 Å². The first-order valence-corrected chi connectivity index (χ1v) is 6.28. The van der Waals surface area contributed by atoms with Crippen LogP contribution < -0.4 is 5.32 Å². The summed E-state index contributed by atoms with van der Waals surface area (Å²) in [5.41, 5.74) is 0. The van der Waals surface area contributed by atoms with E-state index in [1.807, 2.05) is 7.05 Å². The summed E-state index contributed by atoms with van der Waals surface area (Å²) in [4.78, 5) is 23.3. The fraction of sp³-hybridized carbons (Fsp3) is 0.833. The Balaban J connectivity index is 1.99. The van der Waals surface area contributed by atoms with E-state index in [2.05, 4.69) is 5.32 Å². The maximum atomic E-state index is 11.3. The third-order valence-electron chi connectivity index (χ3n) is 3.13. The number of carbonyl (C=O) groups is 2. The first kappa shape index (κ1) is 14.0. The largest absolute Gasteiger partial charge is 0.481 e. The minimum atomic E-state index is -0.717. The summed E-state index contributed by atoms with van der Waals surface area (Å²) in [7, 11) is 1.84. The highest BCUT2D eigenvalue weighted by atomic mass is 16.4. The van der Waals surface area contributed by atoms with Crippen LogP contribution in [0.5, 0.6) is 0 Å². The molecule has 0 radical (unpaired) electrons. The molecule has 1 aliphatic rings. The zero-order valence-corrected chi connectivity index (χ0v) is 10.4. The first-order chi connectivity index (χ1) is 8.09. The van der Waals surface area contributed by atoms with E-state index in [1.54, 1.807) is 4.90 Å². The van der Waals surface area contributed by atoms with Gasteiger partial charge in [0.1, 0.15) is 0 Å². The topological polar surface area (TPSA) is 69.6 Å². The van der Waals surface area contributed by atoms with E-state index in [4.69, 9.17) is 5.11 Å². The van der Waals surface area contributed by atoms with Crippen LogP contribution in [-0.4, -0.2) is 48.1 Å². The maximum absolute atomic E-state index is 11.3. The van der Waals surface area contributed by atoms with Gasteiger partial charge in [-0.1, -0.05) is 6.42 Å². The number of amides is 1. The normalized spacial score (nSPS) is 20.6. The molecule has 5 nitrogen and oxygen atoms in total. The van der Waals surface area contributed by atoms with Crippen molar-refractivity contribution in [3.05, 3.63) is 0 Å². The van der Waals surface area contributed by atoms with Gasteiger partial charge in [0.15, 0.2) is 0 Å². The number of rotatable bonds is 7. The fourth-order valence-electron chi connectivity index (χ4n) is 2.06. The van der Waals surface area contributed by atoms with Crippen LogP contribution in [0.3, 0.4) is 0 Å². The first-order valence-electron chi connectivity index (χ1n) is 6.28. The van der Waals surface area contributed by atoms with Crippen LogP contribution >= 0.6 is 0 Å². The van der Waals surface area contributed by atoms with E-state index >= 15 is 0 Å². The van der Waals surface area contributed by atoms with Gasteiger partial charge in [0.2, 0.25) is 5.91 Å². The number of nitrogens with one attached hydrogen (secondary N) is 1. The molecule has 1 unspecified atom stereocenters. The van der Waals surface area contributed by atoms with Gasteiger partial charge in [-0.25, -0.2) is 0 Å². The minimum Gasteiger partial charge on any atom is -0.481 e. The molecule has 1 saturated heterocycles. The van der Waals surface area contributed by atoms with Crippen molar-refractivity contribution in [1.29, 1.82) is 0 Å². The Labute approximate surface area is 102 Å². The molecule has 1 aliphatic heterocycles. The van der Waals surface area contributed by atoms with Crippen molar-refractivity contribution in [2.24, 2.45) is 0 Å². The molecule has 1 fully saturated rings. The molecule has 0 spiro atoms. The van der Waals surface area contributed by atoms with Gasteiger partial charge in [-0.05, 0) is 25.8 Å². The van der Waals surface area contributed by atoms with E-state index < -0.39 is 5.97 Å². The number of likely N-dealkylation sites (tertiary alicyclic amines) is 1. The molecule has 1 atom stereocenters. The van der Waals surface area contributed by atoms with Crippen molar-refractivity contribution < 1.29 is 14.7 Å². The highest BCUT2D eigenvalue weighted by Gasteiger charge is 2.21. The van der Waals surface area contributed by atoms with E-state index in [0.29, 0.717) is 12.5 Å². The quantitative estimate of drug-likeness (QED) is 0.649. The number of unbranched alkanes of at least 4 members (excludes halogenated alkanes) is 2. The lowest BCUT2D eigenvalue weighted by molar-refractivity contribution is -0.137. The number of hydrogen-bond donors (Lipinski definition) is 2. The second-order valence-corrected chi connectivity index (χ2v) is 4.67. The second kappa shape index (κ2) is 7.27. The van der Waals surface area contributed by atoms with E-state index in [9.17, 15) is 9.59 Å². The van der Waals surface area contributed by atoms with Crippen LogP contribution in [0, 0.1) is 0 Å². The van der Waals surface area contributed by atoms with Crippen LogP contribution in [0.1, 0.15) is 38.5 Å². The molecule has 0 aromatic heterocycles. The lowest BCUT2D eigenvalue weighted by atomic mass is 10.1. The lowest BCUT2D eigenvalue weighted by Gasteiger charge is -2.30. The molecule has 2 N–H and O–H groups in total. The maximum Gasteiger partial charge on any atom is 0.303 e. The van der Waals surface area contributed by atoms with Gasteiger partial charge in [0, 0.05) is 32.5 Å². The third kappa shape index (κ3) is 5.68. The summed E-state index contributed by atoms with van der Waals surface area (Å²) >= 11 is 0. The number of carboxylic acids is 1. The molecule has 0 aliphatic carbocycles. The molecule has 1 rings (SSSR count). The highest BCUT2D eigenvalue weighted by molar-refractivity contribution is 5.76. The number of carboxylic acid groups (broad SMARTS) is 1. The molecule has 0 bridgehead atoms. The molecule has 1 amide bonds. The number of nitrogens with zero attached hydrogens (tertiary/aromatic N) is 1. The molecule has 1 heterocycles. The van der Waals surface area contributed by atoms with Gasteiger partial charge in [-0.3, -0.25) is 9.59 Å². The van der Waals surface area contributed by atoms with Crippen molar-refractivity contribution in [1.82, 2.24) is 10.2 Å². The Bertz CT molecular complexity index is 268. The summed E-state index contributed by atoms with van der Waals surface area (Å²) in [6.07, 6.45) is 4.51. The fourth-order valence-corrected chi connectivity index (χ4v) is 2.06. The summed E-state index contributed by atoms with van der Waals surface area (Å²) in [6, 6.07) is 0.400. The van der Waals surface area contributed by atoms with Crippen molar-refractivity contribution in [3.8, 4) is 0 Å². The molecule has 0 aromatic rings. The van der Waals surface area contributed by atoms with Gasteiger partial charge < -0.3 is 15.3 Å². The Morgan fingerprint density at radius 3 is 2.88 bits per heavy atom. The average Bonchev–Trinajstić information content (AvgIpc) is 2.27. The standard InChI is InChI=1S/C12H22N2O3/c1-14-9-10(6-7-11(14)15)13-8-4-2-3-5-12(16)17/h10,13H,2-9H2,1H3,(H,16,17).